The average molecular weight is 449 g/mol. The summed E-state index contributed by atoms with van der Waals surface area (Å²) in [7, 11) is 0. The van der Waals surface area contributed by atoms with Crippen molar-refractivity contribution in [2.24, 2.45) is 0 Å². The molecule has 2 aromatic carbocycles. The van der Waals surface area contributed by atoms with Gasteiger partial charge in [0, 0.05) is 27.7 Å². The monoisotopic (exact) mass is 448 g/mol. The minimum absolute atomic E-state index is 0.178. The highest BCUT2D eigenvalue weighted by Crippen LogP contribution is 2.35. The fraction of sp³-hybridized carbons (Fsp3) is 0.105. The molecule has 0 aliphatic heterocycles. The Morgan fingerprint density at radius 3 is 2.69 bits per heavy atom. The molecule has 1 heterocycles. The molecule has 0 spiro atoms. The van der Waals surface area contributed by atoms with Crippen molar-refractivity contribution in [1.82, 2.24) is 0 Å². The molecule has 3 aromatic rings. The van der Waals surface area contributed by atoms with Gasteiger partial charge in [0.2, 0.25) is 0 Å². The number of aryl methyl sites for hydroxylation is 1. The van der Waals surface area contributed by atoms with Crippen molar-refractivity contribution in [3.8, 4) is 16.9 Å². The van der Waals surface area contributed by atoms with Gasteiger partial charge >= 0.3 is 0 Å². The van der Waals surface area contributed by atoms with Gasteiger partial charge in [-0.2, -0.15) is 0 Å². The zero-order valence-corrected chi connectivity index (χ0v) is 17.4. The zero-order chi connectivity index (χ0) is 18.7. The molecular weight excluding hydrogens is 432 g/mol. The fourth-order valence-electron chi connectivity index (χ4n) is 2.65. The van der Waals surface area contributed by atoms with Gasteiger partial charge < -0.3 is 15.1 Å². The second-order valence-corrected chi connectivity index (χ2v) is 8.10. The van der Waals surface area contributed by atoms with Gasteiger partial charge in [0.05, 0.1) is 4.88 Å². The Labute approximate surface area is 168 Å². The molecule has 26 heavy (non-hydrogen) atoms. The lowest BCUT2D eigenvalue weighted by atomic mass is 10.0. The van der Waals surface area contributed by atoms with Crippen LogP contribution in [0.25, 0.3) is 11.1 Å². The molecule has 0 aliphatic carbocycles. The van der Waals surface area contributed by atoms with E-state index in [1.54, 1.807) is 12.1 Å². The van der Waals surface area contributed by atoms with Crippen LogP contribution in [0.5, 0.6) is 5.75 Å². The second-order valence-electron chi connectivity index (χ2n) is 5.66. The van der Waals surface area contributed by atoms with Crippen molar-refractivity contribution in [1.29, 1.82) is 0 Å². The maximum Gasteiger partial charge on any atom is 0.265 e. The van der Waals surface area contributed by atoms with Gasteiger partial charge in [0.25, 0.3) is 5.91 Å². The van der Waals surface area contributed by atoms with E-state index in [2.05, 4.69) is 26.0 Å². The molecule has 0 saturated heterocycles. The van der Waals surface area contributed by atoms with E-state index < -0.39 is 0 Å². The molecule has 4 nitrogen and oxygen atoms in total. The fourth-order valence-corrected chi connectivity index (χ4v) is 4.29. The average Bonchev–Trinajstić information content (AvgIpc) is 3.04. The number of phenols is 1. The van der Waals surface area contributed by atoms with Crippen LogP contribution in [-0.2, 0) is 0 Å². The number of nitrogens with one attached hydrogen (secondary N) is 2. The molecule has 1 aromatic heterocycles. The highest BCUT2D eigenvalue weighted by atomic mass is 79.9. The molecule has 0 unspecified atom stereocenters. The maximum atomic E-state index is 12.6. The molecule has 0 radical (unpaired) electrons. The molecule has 0 atom stereocenters. The Morgan fingerprint density at radius 2 is 1.96 bits per heavy atom. The summed E-state index contributed by atoms with van der Waals surface area (Å²) in [6, 6.07) is 12.9. The Hall–Kier alpha value is -1.96. The second kappa shape index (κ2) is 8.16. The quantitative estimate of drug-likeness (QED) is 0.410. The van der Waals surface area contributed by atoms with Crippen molar-refractivity contribution >= 4 is 56.5 Å². The Kier molecular flexibility index (Phi) is 5.90. The van der Waals surface area contributed by atoms with Crippen LogP contribution in [0.4, 0.5) is 11.4 Å². The van der Waals surface area contributed by atoms with E-state index >= 15 is 0 Å². The number of hydrogen-bond acceptors (Lipinski definition) is 5. The van der Waals surface area contributed by atoms with E-state index in [9.17, 15) is 9.90 Å². The normalized spacial score (nSPS) is 10.6. The number of anilines is 2. The van der Waals surface area contributed by atoms with E-state index in [-0.39, 0.29) is 11.7 Å². The number of benzene rings is 2. The summed E-state index contributed by atoms with van der Waals surface area (Å²) in [4.78, 5) is 13.2. The SMILES string of the molecule is CSNc1cc(Br)cc(NC(=O)c2cc(-c3c(C)cccc3O)cs2)c1. The summed E-state index contributed by atoms with van der Waals surface area (Å²) < 4.78 is 4.03. The van der Waals surface area contributed by atoms with Gasteiger partial charge in [0.1, 0.15) is 5.75 Å². The van der Waals surface area contributed by atoms with Crippen LogP contribution in [0.15, 0.2) is 52.3 Å². The first-order valence-electron chi connectivity index (χ1n) is 7.76. The van der Waals surface area contributed by atoms with Crippen LogP contribution < -0.4 is 10.0 Å². The Balaban J connectivity index is 1.83. The summed E-state index contributed by atoms with van der Waals surface area (Å²) in [5, 5.41) is 14.9. The summed E-state index contributed by atoms with van der Waals surface area (Å²) in [5.41, 5.74) is 4.18. The van der Waals surface area contributed by atoms with Crippen LogP contribution in [0, 0.1) is 6.92 Å². The number of aromatic hydroxyl groups is 1. The smallest absolute Gasteiger partial charge is 0.265 e. The van der Waals surface area contributed by atoms with Crippen molar-refractivity contribution in [3.63, 3.8) is 0 Å². The van der Waals surface area contributed by atoms with E-state index in [1.165, 1.54) is 23.3 Å². The molecule has 0 bridgehead atoms. The first kappa shape index (κ1) is 18.8. The number of halogens is 1. The number of carbonyl (C=O) groups excluding carboxylic acids is 1. The van der Waals surface area contributed by atoms with Crippen LogP contribution in [0.1, 0.15) is 15.2 Å². The van der Waals surface area contributed by atoms with Gasteiger partial charge in [-0.05, 0) is 53.8 Å². The molecule has 0 saturated carbocycles. The van der Waals surface area contributed by atoms with Gasteiger partial charge in [-0.3, -0.25) is 4.79 Å². The molecule has 1 amide bonds. The van der Waals surface area contributed by atoms with Gasteiger partial charge in [-0.15, -0.1) is 11.3 Å². The molecule has 0 aliphatic rings. The van der Waals surface area contributed by atoms with Crippen molar-refractivity contribution in [3.05, 3.63) is 62.8 Å². The highest BCUT2D eigenvalue weighted by molar-refractivity contribution is 9.10. The summed E-state index contributed by atoms with van der Waals surface area (Å²) >= 11 is 6.29. The molecule has 3 rings (SSSR count). The lowest BCUT2D eigenvalue weighted by Crippen LogP contribution is -2.10. The van der Waals surface area contributed by atoms with Crippen LogP contribution in [0.2, 0.25) is 0 Å². The number of phenolic OH excluding ortho intramolecular Hbond substituents is 1. The molecule has 3 N–H and O–H groups in total. The minimum Gasteiger partial charge on any atom is -0.507 e. The van der Waals surface area contributed by atoms with Crippen molar-refractivity contribution < 1.29 is 9.90 Å². The first-order valence-corrected chi connectivity index (χ1v) is 10.7. The number of amides is 1. The Bertz CT molecular complexity index is 936. The number of hydrogen-bond donors (Lipinski definition) is 3. The molecular formula is C19H17BrN2O2S2. The predicted octanol–water partition coefficient (Wildman–Crippen LogP) is 6.13. The van der Waals surface area contributed by atoms with Gasteiger partial charge in [0.15, 0.2) is 0 Å². The van der Waals surface area contributed by atoms with Crippen molar-refractivity contribution in [2.75, 3.05) is 16.3 Å². The van der Waals surface area contributed by atoms with E-state index in [1.807, 2.05) is 48.9 Å². The van der Waals surface area contributed by atoms with Gasteiger partial charge in [-0.1, -0.05) is 40.0 Å². The third-order valence-electron chi connectivity index (χ3n) is 3.74. The Morgan fingerprint density at radius 1 is 1.19 bits per heavy atom. The largest absolute Gasteiger partial charge is 0.507 e. The van der Waals surface area contributed by atoms with E-state index in [0.29, 0.717) is 10.6 Å². The third-order valence-corrected chi connectivity index (χ3v) is 5.56. The lowest BCUT2D eigenvalue weighted by molar-refractivity contribution is 0.103. The van der Waals surface area contributed by atoms with E-state index in [4.69, 9.17) is 0 Å². The van der Waals surface area contributed by atoms with Crippen LogP contribution >= 0.6 is 39.2 Å². The highest BCUT2D eigenvalue weighted by Gasteiger charge is 2.14. The third kappa shape index (κ3) is 4.23. The number of rotatable bonds is 5. The molecule has 134 valence electrons. The lowest BCUT2D eigenvalue weighted by Gasteiger charge is -2.08. The predicted molar refractivity (Wildman–Crippen MR) is 115 cm³/mol. The minimum atomic E-state index is -0.178. The summed E-state index contributed by atoms with van der Waals surface area (Å²) in [6.45, 7) is 1.94. The summed E-state index contributed by atoms with van der Waals surface area (Å²) in [5.74, 6) is 0.0389. The maximum absolute atomic E-state index is 12.6. The van der Waals surface area contributed by atoms with E-state index in [0.717, 1.165) is 26.9 Å². The molecule has 0 fully saturated rings. The standard InChI is InChI=1S/C19H17BrN2O2S2/c1-11-4-3-5-16(23)18(11)12-6-17(26-10-12)19(24)21-14-7-13(20)8-15(9-14)22-25-2/h3-10,22-23H,1-2H3,(H,21,24). The van der Waals surface area contributed by atoms with Crippen molar-refractivity contribution in [2.45, 2.75) is 6.92 Å². The zero-order valence-electron chi connectivity index (χ0n) is 14.2. The first-order chi connectivity index (χ1) is 12.5. The van der Waals surface area contributed by atoms with Crippen LogP contribution in [0.3, 0.4) is 0 Å². The number of carbonyl (C=O) groups is 1. The van der Waals surface area contributed by atoms with Gasteiger partial charge in [-0.25, -0.2) is 0 Å². The summed E-state index contributed by atoms with van der Waals surface area (Å²) in [6.07, 6.45) is 1.94. The van der Waals surface area contributed by atoms with Crippen LogP contribution in [-0.4, -0.2) is 17.3 Å². The topological polar surface area (TPSA) is 61.4 Å². The number of thiophene rings is 1. The molecule has 7 heteroatoms.